The number of rotatable bonds is 0. The van der Waals surface area contributed by atoms with E-state index < -0.39 is 0 Å². The molecule has 12 heteroatoms. The second-order valence-corrected chi connectivity index (χ2v) is 0. The smallest absolute Gasteiger partial charge is 0.813 e. The van der Waals surface area contributed by atoms with E-state index in [9.17, 15) is 0 Å². The van der Waals surface area contributed by atoms with Gasteiger partial charge in [0.2, 0.25) is 0 Å². The van der Waals surface area contributed by atoms with Crippen LogP contribution < -0.4 is 37.7 Å². The Bertz CT molecular complexity index is 113. The molecular formula is C6H2Fe2Li2O6S2. The maximum absolute atomic E-state index is 7.50. The van der Waals surface area contributed by atoms with Crippen LogP contribution in [0, 0.1) is 39.9 Å². The van der Waals surface area contributed by atoms with Gasteiger partial charge in [-0.05, 0) is 0 Å². The SMILES string of the molecule is [C-]#[O+].[C-]#[O+].[C-]#[O+].[C-]#[O+].[C-]#[O+].[C-]#[O+].[Fe].[Fe].[Li+].[Li+].[SH-].[SH-]. The van der Waals surface area contributed by atoms with Crippen LogP contribution in [0.4, 0.5) is 0 Å². The molecule has 0 aromatic carbocycles. The average Bonchev–Trinajstić information content (AvgIpc) is 2.33. The van der Waals surface area contributed by atoms with Gasteiger partial charge in [0, 0.05) is 34.1 Å². The van der Waals surface area contributed by atoms with E-state index in [0.29, 0.717) is 0 Å². The molecule has 0 aliphatic carbocycles. The van der Waals surface area contributed by atoms with Gasteiger partial charge in [-0.1, -0.05) is 0 Å². The molecule has 0 saturated heterocycles. The van der Waals surface area contributed by atoms with Gasteiger partial charge in [-0.25, -0.2) is 0 Å². The second-order valence-electron chi connectivity index (χ2n) is 0. The van der Waals surface area contributed by atoms with Crippen LogP contribution in [-0.4, -0.2) is 0 Å². The van der Waals surface area contributed by atoms with E-state index in [2.05, 4.69) is 39.9 Å². The fourth-order valence-electron chi connectivity index (χ4n) is 0. The summed E-state index contributed by atoms with van der Waals surface area (Å²) in [7, 11) is 0. The topological polar surface area (TPSA) is 119 Å². The first-order valence-corrected chi connectivity index (χ1v) is 1.22. The van der Waals surface area contributed by atoms with Gasteiger partial charge in [-0.3, -0.25) is 0 Å². The summed E-state index contributed by atoms with van der Waals surface area (Å²) in [6, 6.07) is 0. The first kappa shape index (κ1) is 120. The quantitative estimate of drug-likeness (QED) is 0.140. The molecule has 0 saturated carbocycles. The minimum atomic E-state index is 0. The van der Waals surface area contributed by atoms with Gasteiger partial charge in [0.1, 0.15) is 0 Å². The van der Waals surface area contributed by atoms with Gasteiger partial charge in [-0.15, -0.1) is 0 Å². The molecule has 6 nitrogen and oxygen atoms in total. The molecule has 0 bridgehead atoms. The molecule has 0 aromatic rings. The van der Waals surface area contributed by atoms with Crippen molar-refractivity contribution in [1.82, 2.24) is 0 Å². The average molecular weight is 360 g/mol. The molecule has 0 amide bonds. The molecule has 92 valence electrons. The van der Waals surface area contributed by atoms with Crippen molar-refractivity contribution in [2.24, 2.45) is 0 Å². The molecule has 0 radical (unpaired) electrons. The van der Waals surface area contributed by atoms with E-state index in [1.54, 1.807) is 0 Å². The van der Waals surface area contributed by atoms with Crippen molar-refractivity contribution in [3.05, 3.63) is 39.9 Å². The fraction of sp³-hybridized carbons (Fsp3) is 0. The van der Waals surface area contributed by atoms with Crippen LogP contribution >= 0.6 is 0 Å². The first-order chi connectivity index (χ1) is 6.00. The summed E-state index contributed by atoms with van der Waals surface area (Å²) in [6.07, 6.45) is 0. The van der Waals surface area contributed by atoms with Gasteiger partial charge in [0.15, 0.2) is 0 Å². The van der Waals surface area contributed by atoms with Gasteiger partial charge in [0.25, 0.3) is 0 Å². The first-order valence-electron chi connectivity index (χ1n) is 1.22. The van der Waals surface area contributed by atoms with E-state index in [0.717, 1.165) is 0 Å². The van der Waals surface area contributed by atoms with Crippen LogP contribution in [0.1, 0.15) is 0 Å². The monoisotopic (exact) mass is 360 g/mol. The van der Waals surface area contributed by atoms with E-state index >= 15 is 0 Å². The number of hydrogen-bond acceptors (Lipinski definition) is 2. The van der Waals surface area contributed by atoms with Crippen molar-refractivity contribution >= 4 is 27.0 Å². The van der Waals surface area contributed by atoms with Crippen molar-refractivity contribution in [3.8, 4) is 0 Å². The minimum Gasteiger partial charge on any atom is -0.813 e. The largest absolute Gasteiger partial charge is 1.00 e. The Morgan fingerprint density at radius 1 is 0.333 bits per heavy atom. The third kappa shape index (κ3) is 2470. The van der Waals surface area contributed by atoms with Crippen LogP contribution in [0.5, 0.6) is 0 Å². The van der Waals surface area contributed by atoms with E-state index in [4.69, 9.17) is 27.9 Å². The predicted molar refractivity (Wildman–Crippen MR) is 41.1 cm³/mol. The van der Waals surface area contributed by atoms with Crippen LogP contribution in [0.3, 0.4) is 0 Å². The zero-order valence-corrected chi connectivity index (χ0v) is 13.0. The zero-order valence-electron chi connectivity index (χ0n) is 9.05. The summed E-state index contributed by atoms with van der Waals surface area (Å²) in [4.78, 5) is 0. The summed E-state index contributed by atoms with van der Waals surface area (Å²) in [5.74, 6) is 0. The Morgan fingerprint density at radius 2 is 0.333 bits per heavy atom. The van der Waals surface area contributed by atoms with E-state index in [1.807, 2.05) is 0 Å². The minimum absolute atomic E-state index is 0. The normalized spacial score (nSPS) is 0.667. The van der Waals surface area contributed by atoms with Crippen molar-refractivity contribution < 1.29 is 99.8 Å². The van der Waals surface area contributed by atoms with Crippen LogP contribution in [-0.2, 0) is 89.0 Å². The van der Waals surface area contributed by atoms with Gasteiger partial charge < -0.3 is 27.0 Å². The number of hydrogen-bond donors (Lipinski definition) is 0. The Morgan fingerprint density at radius 3 is 0.333 bits per heavy atom. The van der Waals surface area contributed by atoms with Crippen LogP contribution in [0.2, 0.25) is 0 Å². The third-order valence-corrected chi connectivity index (χ3v) is 0. The maximum atomic E-state index is 7.50. The molecule has 0 aliphatic heterocycles. The van der Waals surface area contributed by atoms with Gasteiger partial charge >= 0.3 is 106 Å². The van der Waals surface area contributed by atoms with Crippen molar-refractivity contribution in [1.29, 1.82) is 0 Å². The summed E-state index contributed by atoms with van der Waals surface area (Å²) in [5, 5.41) is 0. The molecule has 0 rings (SSSR count). The van der Waals surface area contributed by atoms with Crippen LogP contribution in [0.15, 0.2) is 0 Å². The van der Waals surface area contributed by atoms with Gasteiger partial charge in [0.05, 0.1) is 0 Å². The molecular weight excluding hydrogens is 358 g/mol. The summed E-state index contributed by atoms with van der Waals surface area (Å²) >= 11 is 0. The molecule has 18 heavy (non-hydrogen) atoms. The summed E-state index contributed by atoms with van der Waals surface area (Å²) in [5.41, 5.74) is 0. The Labute approximate surface area is 165 Å². The Balaban J connectivity index is -0.00000000225. The standard InChI is InChI=1S/6CO.2Fe.2Li.2H2S/c6*1-2;;;;;;/h;;;;;;;;;;2*1H2/q;;;;;;;;2*+1;;/p-2. The summed E-state index contributed by atoms with van der Waals surface area (Å²) < 4.78 is 45.0. The molecule has 0 fully saturated rings. The maximum Gasteiger partial charge on any atom is 1.00 e. The molecule has 0 unspecified atom stereocenters. The molecule has 0 atom stereocenters. The molecule has 0 heterocycles. The van der Waals surface area contributed by atoms with Gasteiger partial charge in [-0.2, -0.15) is 0 Å². The predicted octanol–water partition coefficient (Wildman–Crippen LogP) is -6.76. The zero-order chi connectivity index (χ0) is 12.0. The fourth-order valence-corrected chi connectivity index (χ4v) is 0. The Kier molecular flexibility index (Phi) is 19600. The molecule has 0 aliphatic rings. The van der Waals surface area contributed by atoms with E-state index in [1.165, 1.54) is 0 Å². The van der Waals surface area contributed by atoms with Crippen molar-refractivity contribution in [2.75, 3.05) is 0 Å². The summed E-state index contributed by atoms with van der Waals surface area (Å²) in [6.45, 7) is 27.0. The van der Waals surface area contributed by atoms with Crippen molar-refractivity contribution in [2.45, 2.75) is 0 Å². The molecule has 0 N–H and O–H groups in total. The molecule has 0 aromatic heterocycles. The van der Waals surface area contributed by atoms with Crippen molar-refractivity contribution in [3.63, 3.8) is 0 Å². The number of thiol groups is 2. The Hall–Kier alpha value is 1.37. The second kappa shape index (κ2) is 2940. The third-order valence-electron chi connectivity index (χ3n) is 0. The van der Waals surface area contributed by atoms with E-state index in [-0.39, 0.29) is 98.8 Å². The van der Waals surface area contributed by atoms with Crippen LogP contribution in [0.25, 0.3) is 0 Å². The molecule has 0 spiro atoms.